The molecule has 5 rings (SSSR count). The van der Waals surface area contributed by atoms with Gasteiger partial charge in [-0.25, -0.2) is 4.98 Å². The summed E-state index contributed by atoms with van der Waals surface area (Å²) < 4.78 is 42.7. The van der Waals surface area contributed by atoms with Crippen molar-refractivity contribution in [3.63, 3.8) is 0 Å². The van der Waals surface area contributed by atoms with Crippen LogP contribution in [0, 0.1) is 0 Å². The van der Waals surface area contributed by atoms with Crippen molar-refractivity contribution in [3.05, 3.63) is 64.8 Å². The number of hydrogen-bond donors (Lipinski definition) is 3. The molecule has 42 heavy (non-hydrogen) atoms. The van der Waals surface area contributed by atoms with E-state index in [1.54, 1.807) is 30.3 Å². The van der Waals surface area contributed by atoms with Gasteiger partial charge in [-0.2, -0.15) is 18.2 Å². The molecule has 3 N–H and O–H groups in total. The number of piperidine rings is 2. The number of likely N-dealkylation sites (tertiary alicyclic amines) is 1. The fraction of sp³-hybridized carbons (Fsp3) is 0.433. The summed E-state index contributed by atoms with van der Waals surface area (Å²) in [6.07, 6.45) is 2.31. The Balaban J connectivity index is 1.33. The van der Waals surface area contributed by atoms with E-state index in [-0.39, 0.29) is 28.4 Å². The fourth-order valence-electron chi connectivity index (χ4n) is 5.65. The van der Waals surface area contributed by atoms with Gasteiger partial charge in [-0.3, -0.25) is 4.79 Å². The number of carbonyl (C=O) groups excluding carboxylic acids is 1. The maximum atomic E-state index is 14.2. The Labute approximate surface area is 248 Å². The van der Waals surface area contributed by atoms with Gasteiger partial charge in [0.05, 0.1) is 28.7 Å². The van der Waals surface area contributed by atoms with Crippen molar-refractivity contribution in [2.24, 2.45) is 0 Å². The Morgan fingerprint density at radius 2 is 1.74 bits per heavy atom. The predicted molar refractivity (Wildman–Crippen MR) is 160 cm³/mol. The van der Waals surface area contributed by atoms with Crippen molar-refractivity contribution in [1.29, 1.82) is 0 Å². The van der Waals surface area contributed by atoms with Crippen LogP contribution in [0.2, 0.25) is 5.02 Å². The van der Waals surface area contributed by atoms with E-state index < -0.39 is 11.7 Å². The van der Waals surface area contributed by atoms with E-state index in [1.165, 1.54) is 37.6 Å². The Bertz CT molecular complexity index is 1390. The number of benzene rings is 2. The second-order valence-corrected chi connectivity index (χ2v) is 11.0. The molecule has 2 saturated heterocycles. The molecule has 8 nitrogen and oxygen atoms in total. The first-order valence-corrected chi connectivity index (χ1v) is 14.7. The summed E-state index contributed by atoms with van der Waals surface area (Å²) in [4.78, 5) is 25.5. The lowest BCUT2D eigenvalue weighted by molar-refractivity contribution is -0.136. The van der Waals surface area contributed by atoms with Gasteiger partial charge >= 0.3 is 6.18 Å². The highest BCUT2D eigenvalue weighted by Crippen LogP contribution is 2.39. The molecule has 0 saturated carbocycles. The number of rotatable bonds is 8. The molecule has 2 aromatic carbocycles. The summed E-state index contributed by atoms with van der Waals surface area (Å²) in [7, 11) is 0. The lowest BCUT2D eigenvalue weighted by atomic mass is 9.99. The van der Waals surface area contributed by atoms with Crippen LogP contribution in [-0.2, 0) is 6.18 Å². The Morgan fingerprint density at radius 1 is 1.00 bits per heavy atom. The molecular weight excluding hydrogens is 567 g/mol. The fourth-order valence-corrected chi connectivity index (χ4v) is 5.79. The maximum Gasteiger partial charge on any atom is 0.418 e. The van der Waals surface area contributed by atoms with Crippen molar-refractivity contribution < 1.29 is 18.0 Å². The summed E-state index contributed by atoms with van der Waals surface area (Å²) in [5, 5.41) is 8.63. The molecule has 0 aliphatic carbocycles. The molecule has 224 valence electrons. The standard InChI is InChI=1S/C30H35ClF3N7O/c1-2-35-28(42)22-8-4-5-9-25(22)37-27-24(31)19-36-29(39-27)38-26-11-10-21(18-23(26)30(32,33)34)41-16-12-20(13-17-41)40-14-6-3-7-15-40/h4-5,8-11,18-20H,2-3,6-7,12-17H2,1H3,(H,35,42)(H2,36,37,38,39). The highest BCUT2D eigenvalue weighted by Gasteiger charge is 2.35. The average Bonchev–Trinajstić information content (AvgIpc) is 2.99. The lowest BCUT2D eigenvalue weighted by Crippen LogP contribution is -2.46. The molecule has 2 aliphatic rings. The number of anilines is 5. The van der Waals surface area contributed by atoms with Gasteiger partial charge in [0.15, 0.2) is 5.82 Å². The zero-order chi connectivity index (χ0) is 29.7. The SMILES string of the molecule is CCNC(=O)c1ccccc1Nc1nc(Nc2ccc(N3CCC(N4CCCCC4)CC3)cc2C(F)(F)F)ncc1Cl. The minimum Gasteiger partial charge on any atom is -0.371 e. The number of aromatic nitrogens is 2. The van der Waals surface area contributed by atoms with Crippen LogP contribution in [0.1, 0.15) is 54.9 Å². The highest BCUT2D eigenvalue weighted by atomic mass is 35.5. The predicted octanol–water partition coefficient (Wildman–Crippen LogP) is 6.84. The Morgan fingerprint density at radius 3 is 2.45 bits per heavy atom. The lowest BCUT2D eigenvalue weighted by Gasteiger charge is -2.41. The largest absolute Gasteiger partial charge is 0.418 e. The van der Waals surface area contributed by atoms with Gasteiger partial charge in [0, 0.05) is 31.4 Å². The first kappa shape index (κ1) is 29.9. The number of carbonyl (C=O) groups is 1. The summed E-state index contributed by atoms with van der Waals surface area (Å²) in [6.45, 7) is 5.94. The molecule has 1 amide bonds. The number of hydrogen-bond acceptors (Lipinski definition) is 7. The van der Waals surface area contributed by atoms with E-state index in [9.17, 15) is 18.0 Å². The minimum atomic E-state index is -4.59. The summed E-state index contributed by atoms with van der Waals surface area (Å²) >= 11 is 6.31. The van der Waals surface area contributed by atoms with Crippen molar-refractivity contribution >= 4 is 46.3 Å². The third-order valence-electron chi connectivity index (χ3n) is 7.80. The number of alkyl halides is 3. The van der Waals surface area contributed by atoms with E-state index in [4.69, 9.17) is 11.6 Å². The molecule has 0 radical (unpaired) electrons. The third kappa shape index (κ3) is 7.07. The van der Waals surface area contributed by atoms with E-state index >= 15 is 0 Å². The Hall–Kier alpha value is -3.57. The molecule has 12 heteroatoms. The molecule has 0 spiro atoms. The quantitative estimate of drug-likeness (QED) is 0.261. The molecule has 0 bridgehead atoms. The van der Waals surface area contributed by atoms with Gasteiger partial charge in [-0.15, -0.1) is 0 Å². The van der Waals surface area contributed by atoms with Crippen molar-refractivity contribution in [3.8, 4) is 0 Å². The average molecular weight is 602 g/mol. The maximum absolute atomic E-state index is 14.2. The van der Waals surface area contributed by atoms with E-state index in [2.05, 4.69) is 30.8 Å². The van der Waals surface area contributed by atoms with E-state index in [0.29, 0.717) is 29.5 Å². The van der Waals surface area contributed by atoms with E-state index in [1.807, 2.05) is 11.8 Å². The minimum absolute atomic E-state index is 0.0713. The van der Waals surface area contributed by atoms with Gasteiger partial charge in [-0.1, -0.05) is 30.2 Å². The third-order valence-corrected chi connectivity index (χ3v) is 8.07. The van der Waals surface area contributed by atoms with Gasteiger partial charge in [-0.05, 0) is 76.0 Å². The van der Waals surface area contributed by atoms with Crippen LogP contribution in [0.5, 0.6) is 0 Å². The number of nitrogens with one attached hydrogen (secondary N) is 3. The molecule has 3 aromatic rings. The number of nitrogens with zero attached hydrogens (tertiary/aromatic N) is 4. The van der Waals surface area contributed by atoms with Crippen LogP contribution in [-0.4, -0.2) is 59.5 Å². The van der Waals surface area contributed by atoms with Crippen molar-refractivity contribution in [2.45, 2.75) is 51.2 Å². The highest BCUT2D eigenvalue weighted by molar-refractivity contribution is 6.33. The first-order valence-electron chi connectivity index (χ1n) is 14.4. The summed E-state index contributed by atoms with van der Waals surface area (Å²) in [6, 6.07) is 11.6. The molecule has 3 heterocycles. The second-order valence-electron chi connectivity index (χ2n) is 10.6. The van der Waals surface area contributed by atoms with Gasteiger partial charge in [0.1, 0.15) is 5.02 Å². The second kappa shape index (κ2) is 13.2. The van der Waals surface area contributed by atoms with Crippen LogP contribution in [0.25, 0.3) is 0 Å². The molecule has 0 atom stereocenters. The monoisotopic (exact) mass is 601 g/mol. The van der Waals surface area contributed by atoms with Crippen molar-refractivity contribution in [1.82, 2.24) is 20.2 Å². The number of halogens is 4. The number of para-hydroxylation sites is 1. The smallest absolute Gasteiger partial charge is 0.371 e. The van der Waals surface area contributed by atoms with Crippen LogP contribution in [0.15, 0.2) is 48.7 Å². The molecule has 1 aromatic heterocycles. The zero-order valence-electron chi connectivity index (χ0n) is 23.5. The molecule has 2 fully saturated rings. The van der Waals surface area contributed by atoms with Crippen molar-refractivity contribution in [2.75, 3.05) is 48.3 Å². The van der Waals surface area contributed by atoms with Crippen LogP contribution in [0.4, 0.5) is 42.0 Å². The zero-order valence-corrected chi connectivity index (χ0v) is 24.2. The van der Waals surface area contributed by atoms with Crippen LogP contribution < -0.4 is 20.9 Å². The topological polar surface area (TPSA) is 85.4 Å². The van der Waals surface area contributed by atoms with E-state index in [0.717, 1.165) is 39.0 Å². The van der Waals surface area contributed by atoms with Gasteiger partial charge in [0.2, 0.25) is 5.95 Å². The molecule has 2 aliphatic heterocycles. The Kier molecular flexibility index (Phi) is 9.37. The normalized spacial score (nSPS) is 16.7. The van der Waals surface area contributed by atoms with Gasteiger partial charge in [0.25, 0.3) is 5.91 Å². The van der Waals surface area contributed by atoms with Gasteiger partial charge < -0.3 is 25.8 Å². The molecular formula is C30H35ClF3N7O. The van der Waals surface area contributed by atoms with Crippen LogP contribution in [0.3, 0.4) is 0 Å². The van der Waals surface area contributed by atoms with Crippen LogP contribution >= 0.6 is 11.6 Å². The summed E-state index contributed by atoms with van der Waals surface area (Å²) in [5.74, 6) is -0.208. The number of amides is 1. The first-order chi connectivity index (χ1) is 20.2. The summed E-state index contributed by atoms with van der Waals surface area (Å²) in [5.41, 5.74) is 0.405. The molecule has 0 unspecified atom stereocenters.